The van der Waals surface area contributed by atoms with E-state index in [1.807, 2.05) is 0 Å². The van der Waals surface area contributed by atoms with Crippen molar-refractivity contribution in [2.75, 3.05) is 0 Å². The average Bonchev–Trinajstić information content (AvgIpc) is 2.68. The normalized spacial score (nSPS) is 11.2. The standard InChI is InChI=1S/3C6H5.C5H9.Sn/c3*1-2-4-6-5-3-1;1-3-5-4-2;/h3*1-5H;3H,1-2,4-5H2;. The van der Waals surface area contributed by atoms with Crippen LogP contribution in [0.2, 0.25) is 4.44 Å². The summed E-state index contributed by atoms with van der Waals surface area (Å²) in [6.07, 6.45) is 4.35. The van der Waals surface area contributed by atoms with Gasteiger partial charge in [-0.25, -0.2) is 0 Å². The van der Waals surface area contributed by atoms with Gasteiger partial charge in [-0.3, -0.25) is 0 Å². The van der Waals surface area contributed by atoms with Gasteiger partial charge in [0, 0.05) is 0 Å². The van der Waals surface area contributed by atoms with E-state index in [-0.39, 0.29) is 0 Å². The van der Waals surface area contributed by atoms with Crippen molar-refractivity contribution in [3.63, 3.8) is 0 Å². The Bertz CT molecular complexity index is 651. The molecule has 0 radical (unpaired) electrons. The van der Waals surface area contributed by atoms with Crippen LogP contribution in [-0.4, -0.2) is 18.4 Å². The summed E-state index contributed by atoms with van der Waals surface area (Å²) in [5, 5.41) is 0. The molecule has 3 aromatic rings. The Hall–Kier alpha value is -1.80. The monoisotopic (exact) mass is 420 g/mol. The van der Waals surface area contributed by atoms with Crippen LogP contribution in [0.4, 0.5) is 0 Å². The minimum atomic E-state index is -2.98. The van der Waals surface area contributed by atoms with Crippen molar-refractivity contribution in [1.29, 1.82) is 0 Å². The van der Waals surface area contributed by atoms with Crippen LogP contribution in [0.1, 0.15) is 12.8 Å². The summed E-state index contributed by atoms with van der Waals surface area (Å²) >= 11 is -2.98. The third kappa shape index (κ3) is 3.49. The maximum atomic E-state index is 3.92. The van der Waals surface area contributed by atoms with Gasteiger partial charge in [0.2, 0.25) is 0 Å². The van der Waals surface area contributed by atoms with Gasteiger partial charge in [-0.1, -0.05) is 0 Å². The van der Waals surface area contributed by atoms with Gasteiger partial charge < -0.3 is 0 Å². The van der Waals surface area contributed by atoms with Crippen LogP contribution in [0.15, 0.2) is 104 Å². The molecule has 0 saturated carbocycles. The first-order valence-corrected chi connectivity index (χ1v) is 15.0. The van der Waals surface area contributed by atoms with Crippen LogP contribution in [0.5, 0.6) is 0 Å². The molecule has 24 heavy (non-hydrogen) atoms. The second-order valence-corrected chi connectivity index (χ2v) is 17.7. The molecule has 0 saturated heterocycles. The molecule has 1 heteroatoms. The molecule has 0 heterocycles. The molecule has 0 amide bonds. The van der Waals surface area contributed by atoms with Crippen LogP contribution in [0.25, 0.3) is 0 Å². The predicted molar refractivity (Wildman–Crippen MR) is 108 cm³/mol. The van der Waals surface area contributed by atoms with Gasteiger partial charge in [-0.2, -0.15) is 0 Å². The van der Waals surface area contributed by atoms with Crippen LogP contribution in [0.3, 0.4) is 0 Å². The third-order valence-corrected chi connectivity index (χ3v) is 19.2. The van der Waals surface area contributed by atoms with Crippen molar-refractivity contribution >= 4 is 29.1 Å². The minimum absolute atomic E-state index is 1.09. The van der Waals surface area contributed by atoms with E-state index in [4.69, 9.17) is 0 Å². The fourth-order valence-electron chi connectivity index (χ4n) is 3.61. The molecule has 120 valence electrons. The van der Waals surface area contributed by atoms with E-state index in [0.29, 0.717) is 0 Å². The molecule has 0 atom stereocenters. The summed E-state index contributed by atoms with van der Waals surface area (Å²) in [7, 11) is 0. The molecular weight excluding hydrogens is 395 g/mol. The van der Waals surface area contributed by atoms with Crippen molar-refractivity contribution in [2.24, 2.45) is 0 Å². The van der Waals surface area contributed by atoms with Crippen molar-refractivity contribution in [1.82, 2.24) is 0 Å². The van der Waals surface area contributed by atoms with E-state index in [1.165, 1.54) is 10.9 Å². The molecule has 0 N–H and O–H groups in total. The third-order valence-electron chi connectivity index (χ3n) is 4.76. The van der Waals surface area contributed by atoms with Gasteiger partial charge in [0.15, 0.2) is 0 Å². The van der Waals surface area contributed by atoms with Crippen LogP contribution in [0, 0.1) is 0 Å². The Kier molecular flexibility index (Phi) is 5.92. The van der Waals surface area contributed by atoms with E-state index in [1.54, 1.807) is 10.7 Å². The summed E-state index contributed by atoms with van der Waals surface area (Å²) in [6.45, 7) is 3.92. The van der Waals surface area contributed by atoms with Gasteiger partial charge in [0.25, 0.3) is 0 Å². The Labute approximate surface area is 149 Å². The molecular formula is C23H24Sn. The Balaban J connectivity index is 2.22. The first kappa shape index (κ1) is 17.0. The summed E-state index contributed by atoms with van der Waals surface area (Å²) in [4.78, 5) is 0. The van der Waals surface area contributed by atoms with Crippen molar-refractivity contribution < 1.29 is 0 Å². The molecule has 0 aliphatic rings. The fraction of sp³-hybridized carbons (Fsp3) is 0.130. The molecule has 0 aromatic heterocycles. The van der Waals surface area contributed by atoms with Crippen molar-refractivity contribution in [3.05, 3.63) is 104 Å². The number of hydrogen-bond donors (Lipinski definition) is 0. The number of allylic oxidation sites excluding steroid dienone is 1. The number of benzene rings is 3. The summed E-state index contributed by atoms with van der Waals surface area (Å²) in [6, 6.07) is 33.7. The fourth-order valence-corrected chi connectivity index (χ4v) is 17.6. The summed E-state index contributed by atoms with van der Waals surface area (Å²) in [5.74, 6) is 0. The Morgan fingerprint density at radius 2 is 1.00 bits per heavy atom. The quantitative estimate of drug-likeness (QED) is 0.307. The zero-order valence-corrected chi connectivity index (χ0v) is 16.9. The van der Waals surface area contributed by atoms with E-state index < -0.39 is 18.4 Å². The Morgan fingerprint density at radius 1 is 0.625 bits per heavy atom. The maximum absolute atomic E-state index is 3.92. The average molecular weight is 419 g/mol. The molecule has 0 aliphatic heterocycles. The zero-order chi connectivity index (χ0) is 16.7. The second kappa shape index (κ2) is 8.34. The molecule has 0 aliphatic carbocycles. The van der Waals surface area contributed by atoms with Crippen LogP contribution in [-0.2, 0) is 0 Å². The second-order valence-electron chi connectivity index (χ2n) is 6.18. The van der Waals surface area contributed by atoms with E-state index in [9.17, 15) is 0 Å². The molecule has 3 aromatic carbocycles. The van der Waals surface area contributed by atoms with Gasteiger partial charge in [0.1, 0.15) is 0 Å². The molecule has 0 unspecified atom stereocenters. The van der Waals surface area contributed by atoms with Gasteiger partial charge in [0.05, 0.1) is 0 Å². The van der Waals surface area contributed by atoms with Gasteiger partial charge in [-0.05, 0) is 0 Å². The van der Waals surface area contributed by atoms with E-state index >= 15 is 0 Å². The molecule has 0 spiro atoms. The van der Waals surface area contributed by atoms with E-state index in [2.05, 4.69) is 104 Å². The SMILES string of the molecule is C=CCC[CH2][Sn]([c]1ccccc1)([c]1ccccc1)[c]1ccccc1. The molecule has 0 bridgehead atoms. The first-order valence-electron chi connectivity index (χ1n) is 8.65. The summed E-state index contributed by atoms with van der Waals surface area (Å²) < 4.78 is 5.97. The number of hydrogen-bond acceptors (Lipinski definition) is 0. The summed E-state index contributed by atoms with van der Waals surface area (Å²) in [5.41, 5.74) is 0. The Morgan fingerprint density at radius 3 is 1.33 bits per heavy atom. The predicted octanol–water partition coefficient (Wildman–Crippen LogP) is 4.12. The topological polar surface area (TPSA) is 0 Å². The van der Waals surface area contributed by atoms with Crippen LogP contribution >= 0.6 is 0 Å². The zero-order valence-electron chi connectivity index (χ0n) is 14.1. The molecule has 0 fully saturated rings. The molecule has 0 nitrogen and oxygen atoms in total. The molecule has 3 rings (SSSR count). The van der Waals surface area contributed by atoms with Gasteiger partial charge >= 0.3 is 150 Å². The van der Waals surface area contributed by atoms with E-state index in [0.717, 1.165) is 6.42 Å². The van der Waals surface area contributed by atoms with Gasteiger partial charge in [-0.15, -0.1) is 0 Å². The first-order chi connectivity index (χ1) is 11.9. The van der Waals surface area contributed by atoms with Crippen molar-refractivity contribution in [2.45, 2.75) is 17.3 Å². The number of rotatable bonds is 7. The van der Waals surface area contributed by atoms with Crippen LogP contribution < -0.4 is 10.7 Å². The number of unbranched alkanes of at least 4 members (excludes halogenated alkanes) is 1. The van der Waals surface area contributed by atoms with Crippen molar-refractivity contribution in [3.8, 4) is 0 Å².